The van der Waals surface area contributed by atoms with Crippen LogP contribution in [0.5, 0.6) is 5.75 Å². The van der Waals surface area contributed by atoms with Gasteiger partial charge in [0.05, 0.1) is 19.2 Å². The number of methoxy groups -OCH3 is 1. The molecule has 35 heavy (non-hydrogen) atoms. The predicted octanol–water partition coefficient (Wildman–Crippen LogP) is 3.82. The van der Waals surface area contributed by atoms with E-state index in [0.717, 1.165) is 33.0 Å². The van der Waals surface area contributed by atoms with Crippen LogP contribution in [-0.4, -0.2) is 40.3 Å². The van der Waals surface area contributed by atoms with Gasteiger partial charge in [0.1, 0.15) is 23.1 Å². The lowest BCUT2D eigenvalue weighted by atomic mass is 10.0. The van der Waals surface area contributed by atoms with Gasteiger partial charge in [0, 0.05) is 36.2 Å². The molecule has 0 saturated carbocycles. The molecule has 0 fully saturated rings. The van der Waals surface area contributed by atoms with Crippen molar-refractivity contribution in [1.82, 2.24) is 14.9 Å². The molecule has 0 saturated heterocycles. The number of nitrogens with one attached hydrogen (secondary N) is 1. The van der Waals surface area contributed by atoms with Crippen molar-refractivity contribution in [3.8, 4) is 11.8 Å². The number of nitriles is 1. The summed E-state index contributed by atoms with van der Waals surface area (Å²) < 4.78 is 5.40. The van der Waals surface area contributed by atoms with Crippen molar-refractivity contribution in [2.24, 2.45) is 0 Å². The number of benzene rings is 1. The predicted molar refractivity (Wildman–Crippen MR) is 133 cm³/mol. The molecule has 8 nitrogen and oxygen atoms in total. The number of rotatable bonds is 8. The Hall–Kier alpha value is -3.77. The number of nitrogens with zero attached hydrogens (tertiary/aromatic N) is 4. The second-order valence-electron chi connectivity index (χ2n) is 8.45. The molecule has 3 heterocycles. The molecule has 1 aliphatic rings. The van der Waals surface area contributed by atoms with E-state index in [2.05, 4.69) is 21.4 Å². The lowest BCUT2D eigenvalue weighted by molar-refractivity contribution is -0.132. The molecule has 9 heteroatoms. The largest absolute Gasteiger partial charge is 0.496 e. The van der Waals surface area contributed by atoms with Crippen LogP contribution in [0.15, 0.2) is 36.8 Å². The molecule has 0 atom stereocenters. The average Bonchev–Trinajstić information content (AvgIpc) is 3.22. The highest BCUT2D eigenvalue weighted by Gasteiger charge is 2.27. The van der Waals surface area contributed by atoms with E-state index in [0.29, 0.717) is 49.3 Å². The van der Waals surface area contributed by atoms with Crippen LogP contribution in [0.3, 0.4) is 0 Å². The SMILES string of the molecule is COc1ccc(C)cc1CCC(=O)Nc1sc2c(c1C#N)CCN(C(=O)CCc1ccncn1)C2. The van der Waals surface area contributed by atoms with Gasteiger partial charge >= 0.3 is 0 Å². The number of aryl methyl sites for hydroxylation is 3. The second-order valence-corrected chi connectivity index (χ2v) is 9.55. The Bertz CT molecular complexity index is 1270. The van der Waals surface area contributed by atoms with E-state index >= 15 is 0 Å². The molecule has 1 N–H and O–H groups in total. The number of thiophene rings is 1. The highest BCUT2D eigenvalue weighted by molar-refractivity contribution is 7.16. The molecule has 0 unspecified atom stereocenters. The van der Waals surface area contributed by atoms with Crippen LogP contribution in [-0.2, 0) is 35.4 Å². The second kappa shape index (κ2) is 11.1. The molecule has 1 aromatic carbocycles. The lowest BCUT2D eigenvalue weighted by Gasteiger charge is -2.27. The Kier molecular flexibility index (Phi) is 7.73. The molecular formula is C26H27N5O3S. The molecule has 0 aliphatic carbocycles. The fraction of sp³-hybridized carbons (Fsp3) is 0.346. The Morgan fingerprint density at radius 1 is 1.26 bits per heavy atom. The van der Waals surface area contributed by atoms with Gasteiger partial charge in [-0.15, -0.1) is 11.3 Å². The summed E-state index contributed by atoms with van der Waals surface area (Å²) >= 11 is 1.39. The number of ether oxygens (including phenoxy) is 1. The first kappa shape index (κ1) is 24.4. The van der Waals surface area contributed by atoms with Crippen molar-refractivity contribution in [3.05, 3.63) is 69.6 Å². The van der Waals surface area contributed by atoms with Crippen molar-refractivity contribution >= 4 is 28.2 Å². The van der Waals surface area contributed by atoms with E-state index < -0.39 is 0 Å². The molecule has 180 valence electrons. The Morgan fingerprint density at radius 2 is 2.11 bits per heavy atom. The number of anilines is 1. The van der Waals surface area contributed by atoms with E-state index in [1.807, 2.05) is 36.1 Å². The van der Waals surface area contributed by atoms with Crippen LogP contribution in [0.2, 0.25) is 0 Å². The van der Waals surface area contributed by atoms with E-state index in [4.69, 9.17) is 4.74 Å². The number of amides is 2. The normalized spacial score (nSPS) is 12.5. The Labute approximate surface area is 208 Å². The van der Waals surface area contributed by atoms with Gasteiger partial charge in [-0.05, 0) is 49.4 Å². The maximum absolute atomic E-state index is 12.8. The van der Waals surface area contributed by atoms with Gasteiger partial charge in [-0.1, -0.05) is 17.7 Å². The third-order valence-electron chi connectivity index (χ3n) is 6.07. The zero-order valence-corrected chi connectivity index (χ0v) is 20.7. The van der Waals surface area contributed by atoms with Crippen LogP contribution in [0.4, 0.5) is 5.00 Å². The standard InChI is InChI=1S/C26H27N5O3S/c1-17-3-6-22(34-2)18(13-17)4-7-24(32)30-26-21(14-27)20-10-12-31(15-23(20)35-26)25(33)8-5-19-9-11-28-16-29-19/h3,6,9,11,13,16H,4-5,7-8,10,12,15H2,1-2H3,(H,30,32). The summed E-state index contributed by atoms with van der Waals surface area (Å²) in [6.45, 7) is 3.01. The zero-order chi connectivity index (χ0) is 24.8. The van der Waals surface area contributed by atoms with Gasteiger partial charge in [-0.2, -0.15) is 5.26 Å². The molecule has 4 rings (SSSR count). The van der Waals surface area contributed by atoms with Gasteiger partial charge < -0.3 is 15.0 Å². The zero-order valence-electron chi connectivity index (χ0n) is 19.8. The molecular weight excluding hydrogens is 462 g/mol. The molecule has 2 aromatic heterocycles. The maximum atomic E-state index is 12.8. The first-order valence-corrected chi connectivity index (χ1v) is 12.3. The Balaban J connectivity index is 1.38. The lowest BCUT2D eigenvalue weighted by Crippen LogP contribution is -2.35. The van der Waals surface area contributed by atoms with Gasteiger partial charge in [0.15, 0.2) is 0 Å². The number of hydrogen-bond donors (Lipinski definition) is 1. The van der Waals surface area contributed by atoms with E-state index in [9.17, 15) is 14.9 Å². The van der Waals surface area contributed by atoms with Crippen LogP contribution < -0.4 is 10.1 Å². The minimum absolute atomic E-state index is 0.0545. The van der Waals surface area contributed by atoms with E-state index in [1.165, 1.54) is 17.7 Å². The highest BCUT2D eigenvalue weighted by atomic mass is 32.1. The number of fused-ring (bicyclic) bond motifs is 1. The summed E-state index contributed by atoms with van der Waals surface area (Å²) in [5, 5.41) is 13.3. The van der Waals surface area contributed by atoms with Crippen LogP contribution in [0, 0.1) is 18.3 Å². The summed E-state index contributed by atoms with van der Waals surface area (Å²) in [6, 6.07) is 9.97. The smallest absolute Gasteiger partial charge is 0.225 e. The summed E-state index contributed by atoms with van der Waals surface area (Å²) in [7, 11) is 1.62. The quantitative estimate of drug-likeness (QED) is 0.515. The molecule has 2 amide bonds. The number of carbonyl (C=O) groups excluding carboxylic acids is 2. The average molecular weight is 490 g/mol. The molecule has 1 aliphatic heterocycles. The minimum Gasteiger partial charge on any atom is -0.496 e. The van der Waals surface area contributed by atoms with Crippen LogP contribution >= 0.6 is 11.3 Å². The maximum Gasteiger partial charge on any atom is 0.225 e. The van der Waals surface area contributed by atoms with Crippen molar-refractivity contribution < 1.29 is 14.3 Å². The molecule has 0 bridgehead atoms. The van der Waals surface area contributed by atoms with E-state index in [-0.39, 0.29) is 18.2 Å². The first-order chi connectivity index (χ1) is 17.0. The van der Waals surface area contributed by atoms with Gasteiger partial charge in [-0.3, -0.25) is 9.59 Å². The summed E-state index contributed by atoms with van der Waals surface area (Å²) in [5.74, 6) is 0.664. The van der Waals surface area contributed by atoms with Crippen molar-refractivity contribution in [2.45, 2.75) is 45.6 Å². The fourth-order valence-corrected chi connectivity index (χ4v) is 5.45. The van der Waals surface area contributed by atoms with Gasteiger partial charge in [0.2, 0.25) is 11.8 Å². The minimum atomic E-state index is -0.151. The van der Waals surface area contributed by atoms with Crippen LogP contribution in [0.25, 0.3) is 0 Å². The topological polar surface area (TPSA) is 108 Å². The summed E-state index contributed by atoms with van der Waals surface area (Å²) in [6.07, 6.45) is 5.50. The van der Waals surface area contributed by atoms with Crippen molar-refractivity contribution in [1.29, 1.82) is 5.26 Å². The van der Waals surface area contributed by atoms with Crippen molar-refractivity contribution in [3.63, 3.8) is 0 Å². The van der Waals surface area contributed by atoms with Crippen molar-refractivity contribution in [2.75, 3.05) is 19.0 Å². The first-order valence-electron chi connectivity index (χ1n) is 11.5. The van der Waals surface area contributed by atoms with Gasteiger partial charge in [-0.25, -0.2) is 9.97 Å². The fourth-order valence-electron chi connectivity index (χ4n) is 4.22. The van der Waals surface area contributed by atoms with E-state index in [1.54, 1.807) is 13.3 Å². The Morgan fingerprint density at radius 3 is 2.86 bits per heavy atom. The number of carbonyl (C=O) groups is 2. The number of aromatic nitrogens is 2. The molecule has 0 radical (unpaired) electrons. The highest BCUT2D eigenvalue weighted by Crippen LogP contribution is 2.37. The van der Waals surface area contributed by atoms with Gasteiger partial charge in [0.25, 0.3) is 0 Å². The monoisotopic (exact) mass is 489 g/mol. The molecule has 0 spiro atoms. The third-order valence-corrected chi connectivity index (χ3v) is 7.20. The van der Waals surface area contributed by atoms with Crippen LogP contribution in [0.1, 0.15) is 45.7 Å². The third kappa shape index (κ3) is 5.84. The summed E-state index contributed by atoms with van der Waals surface area (Å²) in [4.78, 5) is 36.3. The molecule has 3 aromatic rings. The number of hydrogen-bond acceptors (Lipinski definition) is 7. The summed E-state index contributed by atoms with van der Waals surface area (Å²) in [5.41, 5.74) is 4.37.